The second kappa shape index (κ2) is 6.53. The highest BCUT2D eigenvalue weighted by Gasteiger charge is 2.22. The van der Waals surface area contributed by atoms with Gasteiger partial charge in [-0.1, -0.05) is 35.3 Å². The van der Waals surface area contributed by atoms with Crippen LogP contribution >= 0.6 is 15.9 Å². The van der Waals surface area contributed by atoms with Crippen LogP contribution in [-0.2, 0) is 11.3 Å². The van der Waals surface area contributed by atoms with E-state index in [0.29, 0.717) is 11.6 Å². The molecule has 2 atom stereocenters. The highest BCUT2D eigenvalue weighted by atomic mass is 79.9. The Morgan fingerprint density at radius 2 is 2.26 bits per heavy atom. The van der Waals surface area contributed by atoms with Gasteiger partial charge in [-0.15, -0.1) is 0 Å². The molecule has 0 radical (unpaired) electrons. The van der Waals surface area contributed by atoms with Crippen LogP contribution in [0.25, 0.3) is 0 Å². The number of halogens is 1. The molecule has 1 saturated carbocycles. The number of ether oxygens (including phenoxy) is 1. The van der Waals surface area contributed by atoms with Crippen LogP contribution in [-0.4, -0.2) is 19.1 Å². The number of carbonyl (C=O) groups is 1. The molecule has 1 aliphatic rings. The zero-order valence-electron chi connectivity index (χ0n) is 11.4. The van der Waals surface area contributed by atoms with Gasteiger partial charge in [-0.05, 0) is 36.5 Å². The molecule has 19 heavy (non-hydrogen) atoms. The molecule has 0 bridgehead atoms. The highest BCUT2D eigenvalue weighted by molar-refractivity contribution is 9.10. The van der Waals surface area contributed by atoms with E-state index in [1.54, 1.807) is 0 Å². The van der Waals surface area contributed by atoms with E-state index in [2.05, 4.69) is 28.2 Å². The number of esters is 1. The number of nitrogens with one attached hydrogen (secondary N) is 1. The van der Waals surface area contributed by atoms with E-state index in [0.717, 1.165) is 16.9 Å². The topological polar surface area (TPSA) is 38.3 Å². The Balaban J connectivity index is 1.99. The van der Waals surface area contributed by atoms with E-state index < -0.39 is 0 Å². The molecule has 0 aromatic heterocycles. The van der Waals surface area contributed by atoms with E-state index in [1.807, 2.05) is 18.2 Å². The van der Waals surface area contributed by atoms with Crippen molar-refractivity contribution in [2.75, 3.05) is 7.11 Å². The van der Waals surface area contributed by atoms with Crippen molar-refractivity contribution in [2.24, 2.45) is 5.92 Å². The molecule has 2 rings (SSSR count). The Morgan fingerprint density at radius 3 is 2.84 bits per heavy atom. The van der Waals surface area contributed by atoms with Crippen LogP contribution in [0.15, 0.2) is 22.7 Å². The van der Waals surface area contributed by atoms with E-state index in [1.165, 1.54) is 31.9 Å². The van der Waals surface area contributed by atoms with E-state index in [4.69, 9.17) is 4.74 Å². The maximum Gasteiger partial charge on any atom is 0.337 e. The molecule has 0 heterocycles. The van der Waals surface area contributed by atoms with Gasteiger partial charge >= 0.3 is 5.97 Å². The predicted octanol–water partition coefficient (Wildman–Crippen LogP) is 3.51. The Morgan fingerprint density at radius 1 is 1.47 bits per heavy atom. The van der Waals surface area contributed by atoms with Crippen LogP contribution in [0, 0.1) is 5.92 Å². The molecular weight excluding hydrogens is 306 g/mol. The third-order valence-corrected chi connectivity index (χ3v) is 4.63. The molecule has 104 valence electrons. The lowest BCUT2D eigenvalue weighted by atomic mass is 10.1. The Bertz CT molecular complexity index is 461. The largest absolute Gasteiger partial charge is 0.465 e. The van der Waals surface area contributed by atoms with Gasteiger partial charge < -0.3 is 10.1 Å². The summed E-state index contributed by atoms with van der Waals surface area (Å²) in [5.41, 5.74) is 1.75. The summed E-state index contributed by atoms with van der Waals surface area (Å²) in [5, 5.41) is 3.60. The van der Waals surface area contributed by atoms with Gasteiger partial charge in [-0.25, -0.2) is 4.79 Å². The van der Waals surface area contributed by atoms with Crippen molar-refractivity contribution in [3.8, 4) is 0 Å². The van der Waals surface area contributed by atoms with E-state index >= 15 is 0 Å². The van der Waals surface area contributed by atoms with Gasteiger partial charge in [0, 0.05) is 17.1 Å². The van der Waals surface area contributed by atoms with Crippen molar-refractivity contribution in [3.63, 3.8) is 0 Å². The first-order chi connectivity index (χ1) is 9.11. The second-order valence-corrected chi connectivity index (χ2v) is 6.05. The molecule has 2 unspecified atom stereocenters. The summed E-state index contributed by atoms with van der Waals surface area (Å²) in [6, 6.07) is 6.22. The maximum atomic E-state index is 11.4. The van der Waals surface area contributed by atoms with Gasteiger partial charge in [0.25, 0.3) is 0 Å². The normalized spacial score (nSPS) is 22.5. The quantitative estimate of drug-likeness (QED) is 0.861. The molecule has 1 N–H and O–H groups in total. The smallest absolute Gasteiger partial charge is 0.337 e. The molecule has 1 fully saturated rings. The van der Waals surface area contributed by atoms with Crippen molar-refractivity contribution in [1.29, 1.82) is 0 Å². The predicted molar refractivity (Wildman–Crippen MR) is 79.1 cm³/mol. The summed E-state index contributed by atoms with van der Waals surface area (Å²) < 4.78 is 5.66. The van der Waals surface area contributed by atoms with E-state index in [-0.39, 0.29) is 5.97 Å². The summed E-state index contributed by atoms with van der Waals surface area (Å²) in [5.74, 6) is 0.456. The highest BCUT2D eigenvalue weighted by Crippen LogP contribution is 2.26. The fraction of sp³-hybridized carbons (Fsp3) is 0.533. The summed E-state index contributed by atoms with van der Waals surface area (Å²) in [4.78, 5) is 11.4. The maximum absolute atomic E-state index is 11.4. The number of methoxy groups -OCH3 is 1. The summed E-state index contributed by atoms with van der Waals surface area (Å²) in [6.45, 7) is 3.14. The van der Waals surface area contributed by atoms with Crippen LogP contribution < -0.4 is 5.32 Å². The second-order valence-electron chi connectivity index (χ2n) is 5.19. The first kappa shape index (κ1) is 14.5. The standard InChI is InChI=1S/C15H20BrNO2/c1-10-4-3-5-14(10)17-9-12-7-6-11(8-13(12)16)15(18)19-2/h6-8,10,14,17H,3-5,9H2,1-2H3. The fourth-order valence-electron chi connectivity index (χ4n) is 2.63. The molecule has 0 spiro atoms. The molecule has 0 amide bonds. The first-order valence-electron chi connectivity index (χ1n) is 6.72. The van der Waals surface area contributed by atoms with E-state index in [9.17, 15) is 4.79 Å². The van der Waals surface area contributed by atoms with Crippen molar-refractivity contribution < 1.29 is 9.53 Å². The van der Waals surface area contributed by atoms with Gasteiger partial charge in [-0.2, -0.15) is 0 Å². The lowest BCUT2D eigenvalue weighted by Crippen LogP contribution is -2.30. The van der Waals surface area contributed by atoms with Gasteiger partial charge in [-0.3, -0.25) is 0 Å². The number of hydrogen-bond acceptors (Lipinski definition) is 3. The molecule has 3 nitrogen and oxygen atoms in total. The molecular formula is C15H20BrNO2. The van der Waals surface area contributed by atoms with Crippen LogP contribution in [0.1, 0.15) is 42.1 Å². The number of benzene rings is 1. The van der Waals surface area contributed by atoms with Crippen molar-refractivity contribution in [3.05, 3.63) is 33.8 Å². The SMILES string of the molecule is COC(=O)c1ccc(CNC2CCCC2C)c(Br)c1. The van der Waals surface area contributed by atoms with Gasteiger partial charge in [0.1, 0.15) is 0 Å². The third-order valence-electron chi connectivity index (χ3n) is 3.89. The Kier molecular flexibility index (Phi) is 4.99. The van der Waals surface area contributed by atoms with Crippen LogP contribution in [0.4, 0.5) is 0 Å². The number of rotatable bonds is 4. The molecule has 0 aliphatic heterocycles. The summed E-state index contributed by atoms with van der Waals surface area (Å²) >= 11 is 3.52. The lowest BCUT2D eigenvalue weighted by molar-refractivity contribution is 0.0600. The number of carbonyl (C=O) groups excluding carboxylic acids is 1. The van der Waals surface area contributed by atoms with Gasteiger partial charge in [0.2, 0.25) is 0 Å². The van der Waals surface area contributed by atoms with Crippen LogP contribution in [0.3, 0.4) is 0 Å². The van der Waals surface area contributed by atoms with Crippen molar-refractivity contribution >= 4 is 21.9 Å². The fourth-order valence-corrected chi connectivity index (χ4v) is 3.14. The molecule has 4 heteroatoms. The Labute approximate surface area is 122 Å². The summed E-state index contributed by atoms with van der Waals surface area (Å²) in [6.07, 6.45) is 3.90. The lowest BCUT2D eigenvalue weighted by Gasteiger charge is -2.18. The zero-order chi connectivity index (χ0) is 13.8. The van der Waals surface area contributed by atoms with Crippen LogP contribution in [0.5, 0.6) is 0 Å². The first-order valence-corrected chi connectivity index (χ1v) is 7.51. The average molecular weight is 326 g/mol. The molecule has 1 aromatic rings. The molecule has 1 aromatic carbocycles. The Hall–Kier alpha value is -0.870. The minimum atomic E-state index is -0.301. The van der Waals surface area contributed by atoms with Crippen LogP contribution in [0.2, 0.25) is 0 Å². The monoisotopic (exact) mass is 325 g/mol. The minimum Gasteiger partial charge on any atom is -0.465 e. The zero-order valence-corrected chi connectivity index (χ0v) is 13.0. The third kappa shape index (κ3) is 3.57. The van der Waals surface area contributed by atoms with Crippen molar-refractivity contribution in [2.45, 2.75) is 38.8 Å². The summed E-state index contributed by atoms with van der Waals surface area (Å²) in [7, 11) is 1.40. The van der Waals surface area contributed by atoms with Crippen molar-refractivity contribution in [1.82, 2.24) is 5.32 Å². The van der Waals surface area contributed by atoms with Gasteiger partial charge in [0.15, 0.2) is 0 Å². The molecule has 1 aliphatic carbocycles. The minimum absolute atomic E-state index is 0.301. The number of hydrogen-bond donors (Lipinski definition) is 1. The molecule has 0 saturated heterocycles. The average Bonchev–Trinajstić information content (AvgIpc) is 2.82. The van der Waals surface area contributed by atoms with Gasteiger partial charge in [0.05, 0.1) is 12.7 Å².